The van der Waals surface area contributed by atoms with E-state index in [0.29, 0.717) is 5.92 Å². The van der Waals surface area contributed by atoms with E-state index in [1.165, 1.54) is 20.5 Å². The summed E-state index contributed by atoms with van der Waals surface area (Å²) in [5.41, 5.74) is 2.78. The Bertz CT molecular complexity index is 547. The van der Waals surface area contributed by atoms with Crippen molar-refractivity contribution in [3.05, 3.63) is 56.2 Å². The molecule has 20 heavy (non-hydrogen) atoms. The Morgan fingerprint density at radius 3 is 2.65 bits per heavy atom. The fraction of sp³-hybridized carbons (Fsp3) is 0.412. The molecule has 0 radical (unpaired) electrons. The van der Waals surface area contributed by atoms with Crippen LogP contribution in [0.2, 0.25) is 0 Å². The Kier molecular flexibility index (Phi) is 5.82. The van der Waals surface area contributed by atoms with E-state index in [1.807, 2.05) is 0 Å². The molecular formula is C17H22BrNS. The van der Waals surface area contributed by atoms with Crippen LogP contribution in [0.1, 0.15) is 42.8 Å². The maximum Gasteiger partial charge on any atom is 0.0682 e. The highest BCUT2D eigenvalue weighted by Gasteiger charge is 2.17. The minimum atomic E-state index is 0.279. The van der Waals surface area contributed by atoms with Gasteiger partial charge >= 0.3 is 0 Å². The largest absolute Gasteiger partial charge is 0.306 e. The minimum Gasteiger partial charge on any atom is -0.306 e. The summed E-state index contributed by atoms with van der Waals surface area (Å²) in [7, 11) is 0. The molecule has 0 saturated carbocycles. The summed E-state index contributed by atoms with van der Waals surface area (Å²) in [6.45, 7) is 7.66. The first-order valence-corrected chi connectivity index (χ1v) is 8.84. The van der Waals surface area contributed by atoms with Gasteiger partial charge in [0, 0.05) is 9.35 Å². The molecule has 1 atom stereocenters. The molecule has 108 valence electrons. The number of hydrogen-bond donors (Lipinski definition) is 1. The highest BCUT2D eigenvalue weighted by molar-refractivity contribution is 9.10. The van der Waals surface area contributed by atoms with E-state index in [9.17, 15) is 0 Å². The van der Waals surface area contributed by atoms with E-state index in [1.54, 1.807) is 11.3 Å². The molecule has 1 unspecified atom stereocenters. The summed E-state index contributed by atoms with van der Waals surface area (Å²) in [4.78, 5) is 1.36. The van der Waals surface area contributed by atoms with Crippen LogP contribution in [-0.4, -0.2) is 6.54 Å². The molecule has 0 amide bonds. The molecule has 1 heterocycles. The van der Waals surface area contributed by atoms with Crippen LogP contribution in [0.5, 0.6) is 0 Å². The highest BCUT2D eigenvalue weighted by Crippen LogP contribution is 2.33. The molecule has 0 aliphatic rings. The summed E-state index contributed by atoms with van der Waals surface area (Å²) < 4.78 is 1.20. The molecule has 0 aliphatic carbocycles. The van der Waals surface area contributed by atoms with Crippen LogP contribution in [0.3, 0.4) is 0 Å². The van der Waals surface area contributed by atoms with Crippen molar-refractivity contribution in [3.8, 4) is 0 Å². The lowest BCUT2D eigenvalue weighted by atomic mass is 9.97. The van der Waals surface area contributed by atoms with E-state index in [0.717, 1.165) is 13.0 Å². The monoisotopic (exact) mass is 351 g/mol. The average molecular weight is 352 g/mol. The van der Waals surface area contributed by atoms with Gasteiger partial charge < -0.3 is 5.32 Å². The van der Waals surface area contributed by atoms with Gasteiger partial charge in [-0.1, -0.05) is 45.0 Å². The quantitative estimate of drug-likeness (QED) is 0.733. The van der Waals surface area contributed by atoms with Gasteiger partial charge in [-0.2, -0.15) is 0 Å². The zero-order valence-corrected chi connectivity index (χ0v) is 14.7. The van der Waals surface area contributed by atoms with Gasteiger partial charge in [-0.25, -0.2) is 0 Å². The van der Waals surface area contributed by atoms with Crippen LogP contribution in [0, 0.1) is 5.92 Å². The van der Waals surface area contributed by atoms with E-state index in [-0.39, 0.29) is 6.04 Å². The van der Waals surface area contributed by atoms with E-state index in [2.05, 4.69) is 77.7 Å². The molecule has 3 heteroatoms. The van der Waals surface area contributed by atoms with Gasteiger partial charge in [0.2, 0.25) is 0 Å². The zero-order valence-electron chi connectivity index (χ0n) is 12.3. The van der Waals surface area contributed by atoms with Gasteiger partial charge in [-0.05, 0) is 57.4 Å². The molecule has 0 fully saturated rings. The van der Waals surface area contributed by atoms with E-state index in [4.69, 9.17) is 0 Å². The average Bonchev–Trinajstić information content (AvgIpc) is 2.81. The van der Waals surface area contributed by atoms with Crippen molar-refractivity contribution in [3.63, 3.8) is 0 Å². The normalized spacial score (nSPS) is 12.8. The molecular weight excluding hydrogens is 330 g/mol. The third-order valence-electron chi connectivity index (χ3n) is 3.24. The lowest BCUT2D eigenvalue weighted by molar-refractivity contribution is 0.628. The van der Waals surface area contributed by atoms with Crippen molar-refractivity contribution >= 4 is 27.3 Å². The Hall–Kier alpha value is -0.640. The van der Waals surface area contributed by atoms with Crippen molar-refractivity contribution in [1.82, 2.24) is 5.32 Å². The number of halogens is 1. The number of rotatable bonds is 6. The summed E-state index contributed by atoms with van der Waals surface area (Å²) in [6.07, 6.45) is 1.14. The molecule has 0 aliphatic heterocycles. The maximum absolute atomic E-state index is 3.66. The Labute approximate surface area is 134 Å². The summed E-state index contributed by atoms with van der Waals surface area (Å²) >= 11 is 5.47. The fourth-order valence-corrected chi connectivity index (χ4v) is 4.15. The predicted molar refractivity (Wildman–Crippen MR) is 92.5 cm³/mol. The molecule has 1 nitrogen and oxygen atoms in total. The first kappa shape index (κ1) is 15.7. The topological polar surface area (TPSA) is 12.0 Å². The molecule has 2 rings (SSSR count). The molecule has 2 aromatic rings. The van der Waals surface area contributed by atoms with Gasteiger partial charge in [-0.15, -0.1) is 11.3 Å². The molecule has 0 saturated heterocycles. The molecule has 1 aromatic carbocycles. The van der Waals surface area contributed by atoms with Crippen LogP contribution in [-0.2, 0) is 6.42 Å². The second-order valence-electron chi connectivity index (χ2n) is 5.47. The number of benzene rings is 1. The van der Waals surface area contributed by atoms with Crippen molar-refractivity contribution in [1.29, 1.82) is 0 Å². The highest BCUT2D eigenvalue weighted by atomic mass is 79.9. The Morgan fingerprint density at radius 1 is 1.25 bits per heavy atom. The lowest BCUT2D eigenvalue weighted by Crippen LogP contribution is -2.21. The molecule has 0 spiro atoms. The van der Waals surface area contributed by atoms with Gasteiger partial charge in [-0.3, -0.25) is 0 Å². The van der Waals surface area contributed by atoms with Crippen molar-refractivity contribution in [2.75, 3.05) is 6.54 Å². The lowest BCUT2D eigenvalue weighted by Gasteiger charge is -2.19. The third kappa shape index (κ3) is 3.94. The van der Waals surface area contributed by atoms with Crippen molar-refractivity contribution < 1.29 is 0 Å². The Balaban J connectivity index is 2.32. The van der Waals surface area contributed by atoms with Gasteiger partial charge in [0.1, 0.15) is 0 Å². The number of hydrogen-bond acceptors (Lipinski definition) is 2. The van der Waals surface area contributed by atoms with Crippen molar-refractivity contribution in [2.24, 2.45) is 5.92 Å². The van der Waals surface area contributed by atoms with Crippen LogP contribution < -0.4 is 5.32 Å². The smallest absolute Gasteiger partial charge is 0.0682 e. The predicted octanol–water partition coefficient (Wildman–Crippen LogP) is 5.41. The SMILES string of the molecule is CCNC(c1cccc(CC(C)C)c1)c1sccc1Br. The van der Waals surface area contributed by atoms with Crippen LogP contribution in [0.25, 0.3) is 0 Å². The minimum absolute atomic E-state index is 0.279. The zero-order chi connectivity index (χ0) is 14.5. The number of thiophene rings is 1. The van der Waals surface area contributed by atoms with Crippen LogP contribution in [0.4, 0.5) is 0 Å². The number of nitrogens with one attached hydrogen (secondary N) is 1. The fourth-order valence-electron chi connectivity index (χ4n) is 2.45. The second-order valence-corrected chi connectivity index (χ2v) is 7.27. The third-order valence-corrected chi connectivity index (χ3v) is 5.18. The van der Waals surface area contributed by atoms with Crippen molar-refractivity contribution in [2.45, 2.75) is 33.2 Å². The maximum atomic E-state index is 3.66. The van der Waals surface area contributed by atoms with Gasteiger partial charge in [0.05, 0.1) is 6.04 Å². The molecule has 1 aromatic heterocycles. The first-order valence-electron chi connectivity index (χ1n) is 7.17. The molecule has 0 bridgehead atoms. The van der Waals surface area contributed by atoms with Crippen LogP contribution >= 0.6 is 27.3 Å². The summed E-state index contributed by atoms with van der Waals surface area (Å²) in [6, 6.07) is 11.4. The van der Waals surface area contributed by atoms with Gasteiger partial charge in [0.15, 0.2) is 0 Å². The van der Waals surface area contributed by atoms with E-state index >= 15 is 0 Å². The standard InChI is InChI=1S/C17H22BrNS/c1-4-19-16(17-15(18)8-9-20-17)14-7-5-6-13(11-14)10-12(2)3/h5-9,11-12,16,19H,4,10H2,1-3H3. The van der Waals surface area contributed by atoms with Crippen LogP contribution in [0.15, 0.2) is 40.2 Å². The Morgan fingerprint density at radius 2 is 2.05 bits per heavy atom. The summed E-state index contributed by atoms with van der Waals surface area (Å²) in [5, 5.41) is 5.74. The summed E-state index contributed by atoms with van der Waals surface area (Å²) in [5.74, 6) is 0.691. The first-order chi connectivity index (χ1) is 9.61. The molecule has 1 N–H and O–H groups in total. The second kappa shape index (κ2) is 7.39. The van der Waals surface area contributed by atoms with Gasteiger partial charge in [0.25, 0.3) is 0 Å². The van der Waals surface area contributed by atoms with E-state index < -0.39 is 0 Å².